The van der Waals surface area contributed by atoms with Gasteiger partial charge in [-0.25, -0.2) is 0 Å². The predicted octanol–water partition coefficient (Wildman–Crippen LogP) is -0.719. The Bertz CT molecular complexity index is 216. The molecule has 5 nitrogen and oxygen atoms in total. The molecule has 0 radical (unpaired) electrons. The van der Waals surface area contributed by atoms with Crippen molar-refractivity contribution in [3.05, 3.63) is 5.82 Å². The second kappa shape index (κ2) is 1.51. The topological polar surface area (TPSA) is 56.1 Å². The van der Waals surface area contributed by atoms with E-state index >= 15 is 0 Å². The second-order valence-corrected chi connectivity index (χ2v) is 1.96. The highest BCUT2D eigenvalue weighted by Gasteiger charge is 2.29. The fourth-order valence-corrected chi connectivity index (χ4v) is 0.625. The van der Waals surface area contributed by atoms with E-state index in [-0.39, 0.29) is 6.10 Å². The third kappa shape index (κ3) is 0.787. The number of aromatic nitrogens is 4. The highest BCUT2D eigenvalue weighted by atomic mass is 16.6. The summed E-state index contributed by atoms with van der Waals surface area (Å²) in [4.78, 5) is 1.43. The molecule has 0 aromatic carbocycles. The SMILES string of the molecule is Cn1nnc([C@H]2CO2)n1. The van der Waals surface area contributed by atoms with Crippen LogP contribution in [0.3, 0.4) is 0 Å². The molecule has 1 aliphatic heterocycles. The van der Waals surface area contributed by atoms with Crippen molar-refractivity contribution in [3.8, 4) is 0 Å². The molecule has 0 aliphatic carbocycles. The van der Waals surface area contributed by atoms with Crippen LogP contribution in [-0.4, -0.2) is 26.8 Å². The van der Waals surface area contributed by atoms with E-state index in [1.54, 1.807) is 7.05 Å². The number of tetrazole rings is 1. The van der Waals surface area contributed by atoms with Gasteiger partial charge in [-0.2, -0.15) is 4.80 Å². The molecule has 0 spiro atoms. The van der Waals surface area contributed by atoms with Gasteiger partial charge in [-0.3, -0.25) is 0 Å². The van der Waals surface area contributed by atoms with Crippen molar-refractivity contribution < 1.29 is 4.74 Å². The Labute approximate surface area is 51.6 Å². The zero-order valence-corrected chi connectivity index (χ0v) is 4.98. The van der Waals surface area contributed by atoms with Crippen molar-refractivity contribution in [2.45, 2.75) is 6.10 Å². The maximum atomic E-state index is 4.93. The minimum atomic E-state index is 0.124. The molecule has 1 fully saturated rings. The molecule has 0 amide bonds. The number of epoxide rings is 1. The van der Waals surface area contributed by atoms with Crippen LogP contribution in [0.4, 0.5) is 0 Å². The third-order valence-corrected chi connectivity index (χ3v) is 1.15. The summed E-state index contributed by atoms with van der Waals surface area (Å²) < 4.78 is 4.93. The average molecular weight is 126 g/mol. The molecule has 0 bridgehead atoms. The Hall–Kier alpha value is -0.970. The van der Waals surface area contributed by atoms with Gasteiger partial charge in [0.15, 0.2) is 0 Å². The van der Waals surface area contributed by atoms with Crippen LogP contribution in [0.2, 0.25) is 0 Å². The molecule has 0 saturated carbocycles. The summed E-state index contributed by atoms with van der Waals surface area (Å²) in [6, 6.07) is 0. The standard InChI is InChI=1S/C4H6N4O/c1-8-6-4(5-7-8)3-2-9-3/h3H,2H2,1H3/t3-/m1/s1. The van der Waals surface area contributed by atoms with Crippen LogP contribution < -0.4 is 0 Å². The van der Waals surface area contributed by atoms with Gasteiger partial charge in [-0.15, -0.1) is 10.2 Å². The number of hydrogen-bond donors (Lipinski definition) is 0. The Morgan fingerprint density at radius 1 is 1.78 bits per heavy atom. The zero-order chi connectivity index (χ0) is 6.27. The first-order chi connectivity index (χ1) is 4.36. The summed E-state index contributed by atoms with van der Waals surface area (Å²) >= 11 is 0. The van der Waals surface area contributed by atoms with Gasteiger partial charge in [-0.05, 0) is 5.21 Å². The van der Waals surface area contributed by atoms with E-state index < -0.39 is 0 Å². The van der Waals surface area contributed by atoms with Gasteiger partial charge < -0.3 is 4.74 Å². The van der Waals surface area contributed by atoms with E-state index in [1.807, 2.05) is 0 Å². The van der Waals surface area contributed by atoms with Crippen LogP contribution in [0.5, 0.6) is 0 Å². The number of rotatable bonds is 1. The zero-order valence-electron chi connectivity index (χ0n) is 4.98. The van der Waals surface area contributed by atoms with Gasteiger partial charge >= 0.3 is 0 Å². The molecule has 1 aliphatic rings. The van der Waals surface area contributed by atoms with Gasteiger partial charge in [0, 0.05) is 0 Å². The first kappa shape index (κ1) is 4.87. The second-order valence-electron chi connectivity index (χ2n) is 1.96. The van der Waals surface area contributed by atoms with Crippen molar-refractivity contribution in [3.63, 3.8) is 0 Å². The van der Waals surface area contributed by atoms with Crippen LogP contribution in [0.25, 0.3) is 0 Å². The molecular formula is C4H6N4O. The van der Waals surface area contributed by atoms with Gasteiger partial charge in [0.25, 0.3) is 0 Å². The minimum absolute atomic E-state index is 0.124. The number of aryl methyl sites for hydroxylation is 1. The molecule has 1 aromatic heterocycles. The smallest absolute Gasteiger partial charge is 0.205 e. The maximum Gasteiger partial charge on any atom is 0.205 e. The summed E-state index contributed by atoms with van der Waals surface area (Å²) in [6.07, 6.45) is 0.124. The van der Waals surface area contributed by atoms with E-state index in [0.29, 0.717) is 5.82 Å². The fraction of sp³-hybridized carbons (Fsp3) is 0.750. The lowest BCUT2D eigenvalue weighted by Crippen LogP contribution is -1.92. The predicted molar refractivity (Wildman–Crippen MR) is 27.5 cm³/mol. The molecule has 48 valence electrons. The van der Waals surface area contributed by atoms with E-state index in [0.717, 1.165) is 6.61 Å². The summed E-state index contributed by atoms with van der Waals surface area (Å²) in [5.74, 6) is 0.692. The lowest BCUT2D eigenvalue weighted by molar-refractivity contribution is 0.405. The van der Waals surface area contributed by atoms with Crippen LogP contribution in [-0.2, 0) is 11.8 Å². The number of nitrogens with zero attached hydrogens (tertiary/aromatic N) is 4. The Morgan fingerprint density at radius 2 is 2.56 bits per heavy atom. The Balaban J connectivity index is 2.28. The molecule has 2 heterocycles. The summed E-state index contributed by atoms with van der Waals surface area (Å²) in [6.45, 7) is 0.742. The average Bonchev–Trinajstić information content (AvgIpc) is 2.58. The Kier molecular flexibility index (Phi) is 0.814. The monoisotopic (exact) mass is 126 g/mol. The summed E-state index contributed by atoms with van der Waals surface area (Å²) in [7, 11) is 1.74. The molecule has 5 heteroatoms. The minimum Gasteiger partial charge on any atom is -0.364 e. The summed E-state index contributed by atoms with van der Waals surface area (Å²) in [5, 5.41) is 11.4. The molecule has 0 unspecified atom stereocenters. The fourth-order valence-electron chi connectivity index (χ4n) is 0.625. The molecule has 2 rings (SSSR count). The Morgan fingerprint density at radius 3 is 3.00 bits per heavy atom. The van der Waals surface area contributed by atoms with Gasteiger partial charge in [0.2, 0.25) is 5.82 Å². The lowest BCUT2D eigenvalue weighted by Gasteiger charge is -1.77. The molecule has 1 atom stereocenters. The van der Waals surface area contributed by atoms with Crippen molar-refractivity contribution in [2.24, 2.45) is 7.05 Å². The molecule has 1 aromatic rings. The van der Waals surface area contributed by atoms with E-state index in [2.05, 4.69) is 15.4 Å². The highest BCUT2D eigenvalue weighted by molar-refractivity contribution is 4.91. The van der Waals surface area contributed by atoms with E-state index in [4.69, 9.17) is 4.74 Å². The summed E-state index contributed by atoms with van der Waals surface area (Å²) in [5.41, 5.74) is 0. The van der Waals surface area contributed by atoms with E-state index in [1.165, 1.54) is 4.80 Å². The van der Waals surface area contributed by atoms with Crippen LogP contribution in [0.1, 0.15) is 11.9 Å². The van der Waals surface area contributed by atoms with Crippen molar-refractivity contribution in [1.82, 2.24) is 20.2 Å². The van der Waals surface area contributed by atoms with Gasteiger partial charge in [0.1, 0.15) is 6.10 Å². The van der Waals surface area contributed by atoms with Crippen LogP contribution >= 0.6 is 0 Å². The molecular weight excluding hydrogens is 120 g/mol. The third-order valence-electron chi connectivity index (χ3n) is 1.15. The highest BCUT2D eigenvalue weighted by Crippen LogP contribution is 2.25. The number of hydrogen-bond acceptors (Lipinski definition) is 4. The first-order valence-electron chi connectivity index (χ1n) is 2.72. The van der Waals surface area contributed by atoms with Gasteiger partial charge in [-0.1, -0.05) is 0 Å². The van der Waals surface area contributed by atoms with Crippen molar-refractivity contribution in [1.29, 1.82) is 0 Å². The molecule has 9 heavy (non-hydrogen) atoms. The van der Waals surface area contributed by atoms with Crippen molar-refractivity contribution >= 4 is 0 Å². The van der Waals surface area contributed by atoms with Gasteiger partial charge in [0.05, 0.1) is 13.7 Å². The molecule has 0 N–H and O–H groups in total. The van der Waals surface area contributed by atoms with Crippen LogP contribution in [0, 0.1) is 0 Å². The lowest BCUT2D eigenvalue weighted by atomic mass is 10.5. The quantitative estimate of drug-likeness (QED) is 0.466. The number of ether oxygens (including phenoxy) is 1. The normalized spacial score (nSPS) is 24.3. The maximum absolute atomic E-state index is 4.93. The van der Waals surface area contributed by atoms with Crippen LogP contribution in [0.15, 0.2) is 0 Å². The first-order valence-corrected chi connectivity index (χ1v) is 2.72. The van der Waals surface area contributed by atoms with E-state index in [9.17, 15) is 0 Å². The molecule has 1 saturated heterocycles. The largest absolute Gasteiger partial charge is 0.364 e. The van der Waals surface area contributed by atoms with Crippen molar-refractivity contribution in [2.75, 3.05) is 6.61 Å².